The summed E-state index contributed by atoms with van der Waals surface area (Å²) in [4.78, 5) is 0. The Morgan fingerprint density at radius 1 is 1.71 bits per heavy atom. The first kappa shape index (κ1) is 7.29. The van der Waals surface area contributed by atoms with Gasteiger partial charge in [-0.05, 0) is 13.3 Å². The zero-order valence-electron chi connectivity index (χ0n) is 4.78. The molecule has 0 aliphatic heterocycles. The molecule has 0 saturated carbocycles. The molecule has 1 radical (unpaired) electrons. The van der Waals surface area contributed by atoms with E-state index in [9.17, 15) is 0 Å². The van der Waals surface area contributed by atoms with Gasteiger partial charge < -0.3 is 0 Å². The van der Waals surface area contributed by atoms with E-state index in [4.69, 9.17) is 11.6 Å². The third-order valence-electron chi connectivity index (χ3n) is 0.871. The molecule has 0 rings (SSSR count). The predicted octanol–water partition coefficient (Wildman–Crippen LogP) is 2.62. The van der Waals surface area contributed by atoms with Gasteiger partial charge in [0, 0.05) is 5.38 Å². The second kappa shape index (κ2) is 4.45. The third-order valence-corrected chi connectivity index (χ3v) is 1.09. The van der Waals surface area contributed by atoms with Gasteiger partial charge in [0.2, 0.25) is 0 Å². The number of hydrogen-bond donors (Lipinski definition) is 0. The summed E-state index contributed by atoms with van der Waals surface area (Å²) in [5, 5.41) is 0.125. The Labute approximate surface area is 50.9 Å². The van der Waals surface area contributed by atoms with Crippen LogP contribution < -0.4 is 0 Å². The summed E-state index contributed by atoms with van der Waals surface area (Å²) in [6.45, 7) is 5.79. The van der Waals surface area contributed by atoms with Gasteiger partial charge >= 0.3 is 0 Å². The zero-order valence-corrected chi connectivity index (χ0v) is 5.54. The summed E-state index contributed by atoms with van der Waals surface area (Å²) in [6.07, 6.45) is 3.48. The summed E-state index contributed by atoms with van der Waals surface area (Å²) >= 11 is 5.55. The standard InChI is InChI=1S/C6H12Cl/c1-3-4-5-6(2)7/h6H,2-5H2,1H3/t6-/m1/s1. The van der Waals surface area contributed by atoms with Crippen molar-refractivity contribution in [3.05, 3.63) is 6.92 Å². The Bertz CT molecular complexity index is 33.2. The molecule has 0 N–H and O–H groups in total. The van der Waals surface area contributed by atoms with Gasteiger partial charge in [0.15, 0.2) is 0 Å². The molecule has 0 heterocycles. The molecule has 0 aliphatic rings. The highest BCUT2D eigenvalue weighted by Crippen LogP contribution is 2.04. The largest absolute Gasteiger partial charge is 0.123 e. The molecular weight excluding hydrogens is 108 g/mol. The summed E-state index contributed by atoms with van der Waals surface area (Å²) in [5.74, 6) is 0. The van der Waals surface area contributed by atoms with Crippen LogP contribution in [0, 0.1) is 6.92 Å². The maximum atomic E-state index is 5.55. The predicted molar refractivity (Wildman–Crippen MR) is 34.5 cm³/mol. The quantitative estimate of drug-likeness (QED) is 0.501. The fourth-order valence-corrected chi connectivity index (χ4v) is 0.580. The van der Waals surface area contributed by atoms with Crippen molar-refractivity contribution < 1.29 is 0 Å². The van der Waals surface area contributed by atoms with Crippen LogP contribution >= 0.6 is 11.6 Å². The van der Waals surface area contributed by atoms with Crippen LogP contribution in [0.3, 0.4) is 0 Å². The molecular formula is C6H12Cl. The van der Waals surface area contributed by atoms with E-state index in [1.54, 1.807) is 0 Å². The van der Waals surface area contributed by atoms with Crippen LogP contribution in [0.5, 0.6) is 0 Å². The summed E-state index contributed by atoms with van der Waals surface area (Å²) in [5.41, 5.74) is 0. The van der Waals surface area contributed by atoms with Gasteiger partial charge in [-0.15, -0.1) is 11.6 Å². The Morgan fingerprint density at radius 3 is 2.43 bits per heavy atom. The molecule has 0 unspecified atom stereocenters. The van der Waals surface area contributed by atoms with Gasteiger partial charge in [-0.25, -0.2) is 0 Å². The van der Waals surface area contributed by atoms with Gasteiger partial charge in [0.25, 0.3) is 0 Å². The van der Waals surface area contributed by atoms with Crippen molar-refractivity contribution in [3.63, 3.8) is 0 Å². The molecule has 0 aromatic heterocycles. The molecule has 43 valence electrons. The Balaban J connectivity index is 2.68. The molecule has 0 bridgehead atoms. The van der Waals surface area contributed by atoms with Crippen LogP contribution in [0.2, 0.25) is 0 Å². The van der Waals surface area contributed by atoms with E-state index in [0.29, 0.717) is 0 Å². The fraction of sp³-hybridized carbons (Fsp3) is 0.833. The minimum Gasteiger partial charge on any atom is -0.123 e. The Hall–Kier alpha value is 0.290. The van der Waals surface area contributed by atoms with E-state index >= 15 is 0 Å². The molecule has 0 aromatic rings. The second-order valence-electron chi connectivity index (χ2n) is 1.74. The monoisotopic (exact) mass is 119 g/mol. The van der Waals surface area contributed by atoms with Crippen molar-refractivity contribution in [2.24, 2.45) is 0 Å². The first-order chi connectivity index (χ1) is 3.27. The van der Waals surface area contributed by atoms with Crippen LogP contribution in [0.25, 0.3) is 0 Å². The van der Waals surface area contributed by atoms with Gasteiger partial charge in [0.05, 0.1) is 0 Å². The number of hydrogen-bond acceptors (Lipinski definition) is 0. The lowest BCUT2D eigenvalue weighted by atomic mass is 10.2. The molecule has 7 heavy (non-hydrogen) atoms. The van der Waals surface area contributed by atoms with Crippen molar-refractivity contribution in [1.29, 1.82) is 0 Å². The number of unbranched alkanes of at least 4 members (excludes halogenated alkanes) is 1. The molecule has 1 atom stereocenters. The molecule has 0 amide bonds. The molecule has 0 fully saturated rings. The van der Waals surface area contributed by atoms with Crippen LogP contribution in [0.15, 0.2) is 0 Å². The van der Waals surface area contributed by atoms with E-state index in [-0.39, 0.29) is 5.38 Å². The van der Waals surface area contributed by atoms with E-state index in [2.05, 4.69) is 13.8 Å². The van der Waals surface area contributed by atoms with Crippen molar-refractivity contribution in [1.82, 2.24) is 0 Å². The maximum Gasteiger partial charge on any atom is 0.0336 e. The SMILES string of the molecule is [CH2][C@@H](Cl)CCCC. The van der Waals surface area contributed by atoms with Crippen LogP contribution in [0.1, 0.15) is 26.2 Å². The molecule has 1 heteroatoms. The minimum atomic E-state index is 0.125. The summed E-state index contributed by atoms with van der Waals surface area (Å²) in [7, 11) is 0. The van der Waals surface area contributed by atoms with Crippen LogP contribution in [0.4, 0.5) is 0 Å². The van der Waals surface area contributed by atoms with Gasteiger partial charge in [0.1, 0.15) is 0 Å². The average molecular weight is 120 g/mol. The highest BCUT2D eigenvalue weighted by Gasteiger charge is 1.91. The number of halogens is 1. The third kappa shape index (κ3) is 6.29. The summed E-state index contributed by atoms with van der Waals surface area (Å²) < 4.78 is 0. The topological polar surface area (TPSA) is 0 Å². The number of alkyl halides is 1. The molecule has 0 nitrogen and oxygen atoms in total. The molecule has 0 spiro atoms. The van der Waals surface area contributed by atoms with Crippen molar-refractivity contribution >= 4 is 11.6 Å². The van der Waals surface area contributed by atoms with Crippen molar-refractivity contribution in [3.8, 4) is 0 Å². The van der Waals surface area contributed by atoms with Crippen molar-refractivity contribution in [2.45, 2.75) is 31.6 Å². The minimum absolute atomic E-state index is 0.125. The first-order valence-corrected chi connectivity index (χ1v) is 3.18. The second-order valence-corrected chi connectivity index (χ2v) is 2.36. The van der Waals surface area contributed by atoms with E-state index in [1.807, 2.05) is 0 Å². The lowest BCUT2D eigenvalue weighted by Crippen LogP contribution is -1.88. The van der Waals surface area contributed by atoms with Gasteiger partial charge in [-0.1, -0.05) is 19.8 Å². The normalized spacial score (nSPS) is 14.1. The average Bonchev–Trinajstić information content (AvgIpc) is 1.61. The fourth-order valence-electron chi connectivity index (χ4n) is 0.426. The zero-order chi connectivity index (χ0) is 5.70. The van der Waals surface area contributed by atoms with E-state index in [1.165, 1.54) is 12.8 Å². The number of rotatable bonds is 3. The van der Waals surface area contributed by atoms with Crippen molar-refractivity contribution in [2.75, 3.05) is 0 Å². The van der Waals surface area contributed by atoms with Crippen LogP contribution in [-0.2, 0) is 0 Å². The lowest BCUT2D eigenvalue weighted by Gasteiger charge is -1.96. The van der Waals surface area contributed by atoms with Gasteiger partial charge in [-0.2, -0.15) is 0 Å². The van der Waals surface area contributed by atoms with E-state index in [0.717, 1.165) is 6.42 Å². The molecule has 0 saturated heterocycles. The Morgan fingerprint density at radius 2 is 2.29 bits per heavy atom. The molecule has 0 aromatic carbocycles. The molecule has 0 aliphatic carbocycles. The van der Waals surface area contributed by atoms with Gasteiger partial charge in [-0.3, -0.25) is 0 Å². The van der Waals surface area contributed by atoms with E-state index < -0.39 is 0 Å². The maximum absolute atomic E-state index is 5.55. The van der Waals surface area contributed by atoms with Crippen LogP contribution in [-0.4, -0.2) is 5.38 Å². The lowest BCUT2D eigenvalue weighted by molar-refractivity contribution is 0.732. The highest BCUT2D eigenvalue weighted by atomic mass is 35.5. The summed E-state index contributed by atoms with van der Waals surface area (Å²) in [6, 6.07) is 0. The highest BCUT2D eigenvalue weighted by molar-refractivity contribution is 6.21. The smallest absolute Gasteiger partial charge is 0.0336 e. The first-order valence-electron chi connectivity index (χ1n) is 2.74. The Kier molecular flexibility index (Phi) is 4.63.